The van der Waals surface area contributed by atoms with Gasteiger partial charge in [0.25, 0.3) is 0 Å². The summed E-state index contributed by atoms with van der Waals surface area (Å²) in [5, 5.41) is 9.76. The van der Waals surface area contributed by atoms with Crippen LogP contribution in [0.1, 0.15) is 11.1 Å². The second-order valence-corrected chi connectivity index (χ2v) is 7.94. The van der Waals surface area contributed by atoms with Crippen molar-refractivity contribution in [1.82, 2.24) is 4.90 Å². The largest absolute Gasteiger partial charge is 0.508 e. The highest BCUT2D eigenvalue weighted by molar-refractivity contribution is 6.24. The molecule has 1 N–H and O–H groups in total. The van der Waals surface area contributed by atoms with Crippen LogP contribution in [0, 0.1) is 18.8 Å². The maximum absolute atomic E-state index is 13.3. The van der Waals surface area contributed by atoms with Crippen LogP contribution in [-0.4, -0.2) is 39.7 Å². The van der Waals surface area contributed by atoms with Gasteiger partial charge in [-0.05, 0) is 30.7 Å². The van der Waals surface area contributed by atoms with Gasteiger partial charge in [-0.2, -0.15) is 0 Å². The Hall–Kier alpha value is -3.25. The van der Waals surface area contributed by atoms with Gasteiger partial charge in [-0.3, -0.25) is 19.3 Å². The highest BCUT2D eigenvalue weighted by Gasteiger charge is 2.64. The molecule has 0 spiro atoms. The molecule has 0 aliphatic carbocycles. The molecule has 6 heteroatoms. The molecule has 0 radical (unpaired) electrons. The summed E-state index contributed by atoms with van der Waals surface area (Å²) < 4.78 is 0. The third kappa shape index (κ3) is 2.63. The minimum absolute atomic E-state index is 0.0163. The van der Waals surface area contributed by atoms with E-state index in [9.17, 15) is 19.5 Å². The number of nitrogens with zero attached hydrogens (tertiary/aromatic N) is 2. The maximum atomic E-state index is 13.3. The van der Waals surface area contributed by atoms with Crippen LogP contribution in [0.25, 0.3) is 0 Å². The number of fused-ring (bicyclic) bond motifs is 5. The summed E-state index contributed by atoms with van der Waals surface area (Å²) in [7, 11) is 0. The highest BCUT2D eigenvalue weighted by atomic mass is 16.3. The van der Waals surface area contributed by atoms with Gasteiger partial charge in [0.15, 0.2) is 5.78 Å². The Kier molecular flexibility index (Phi) is 3.93. The number of benzene rings is 2. The summed E-state index contributed by atoms with van der Waals surface area (Å²) in [6.45, 7) is 2.51. The minimum Gasteiger partial charge on any atom is -0.508 e. The van der Waals surface area contributed by atoms with Gasteiger partial charge >= 0.3 is 0 Å². The predicted octanol–water partition coefficient (Wildman–Crippen LogP) is 2.20. The summed E-state index contributed by atoms with van der Waals surface area (Å²) in [5.41, 5.74) is 2.51. The molecule has 0 aromatic heterocycles. The van der Waals surface area contributed by atoms with E-state index in [2.05, 4.69) is 6.07 Å². The second-order valence-electron chi connectivity index (χ2n) is 7.94. The number of ketones is 1. The van der Waals surface area contributed by atoms with Crippen LogP contribution in [0.2, 0.25) is 0 Å². The van der Waals surface area contributed by atoms with Crippen LogP contribution in [-0.2, 0) is 20.9 Å². The van der Waals surface area contributed by atoms with Crippen molar-refractivity contribution in [3.05, 3.63) is 71.8 Å². The van der Waals surface area contributed by atoms with Crippen LogP contribution < -0.4 is 4.90 Å². The zero-order valence-electron chi connectivity index (χ0n) is 15.9. The van der Waals surface area contributed by atoms with Crippen molar-refractivity contribution in [1.29, 1.82) is 0 Å². The van der Waals surface area contributed by atoms with E-state index in [1.807, 2.05) is 30.0 Å². The lowest BCUT2D eigenvalue weighted by Gasteiger charge is -2.33. The Morgan fingerprint density at radius 3 is 2.48 bits per heavy atom. The number of phenols is 1. The summed E-state index contributed by atoms with van der Waals surface area (Å²) >= 11 is 0. The lowest BCUT2D eigenvalue weighted by atomic mass is 9.90. The first-order valence-corrected chi connectivity index (χ1v) is 9.66. The van der Waals surface area contributed by atoms with Gasteiger partial charge in [-0.15, -0.1) is 0 Å². The molecular formula is C23H20N2O4. The molecule has 5 rings (SSSR count). The van der Waals surface area contributed by atoms with E-state index in [0.29, 0.717) is 12.2 Å². The first-order chi connectivity index (χ1) is 14.0. The number of aromatic hydroxyl groups is 1. The molecule has 2 bridgehead atoms. The van der Waals surface area contributed by atoms with E-state index in [1.165, 1.54) is 18.2 Å². The summed E-state index contributed by atoms with van der Waals surface area (Å²) in [4.78, 5) is 42.4. The molecule has 2 fully saturated rings. The number of carbonyl (C=O) groups is 3. The number of hydrogen-bond acceptors (Lipinski definition) is 5. The van der Waals surface area contributed by atoms with Crippen molar-refractivity contribution in [2.45, 2.75) is 25.6 Å². The number of hydrogen-bond donors (Lipinski definition) is 1. The molecule has 2 amide bonds. The molecule has 6 nitrogen and oxygen atoms in total. The van der Waals surface area contributed by atoms with Crippen molar-refractivity contribution in [3.8, 4) is 5.75 Å². The lowest BCUT2D eigenvalue weighted by molar-refractivity contribution is -0.129. The number of imide groups is 1. The predicted molar refractivity (Wildman–Crippen MR) is 106 cm³/mol. The van der Waals surface area contributed by atoms with Crippen LogP contribution in [0.4, 0.5) is 5.69 Å². The van der Waals surface area contributed by atoms with Crippen molar-refractivity contribution in [2.24, 2.45) is 11.8 Å². The Labute approximate surface area is 168 Å². The third-order valence-corrected chi connectivity index (χ3v) is 6.13. The summed E-state index contributed by atoms with van der Waals surface area (Å²) in [5.74, 6) is -2.14. The molecule has 2 aromatic rings. The van der Waals surface area contributed by atoms with E-state index in [1.54, 1.807) is 18.2 Å². The van der Waals surface area contributed by atoms with Gasteiger partial charge in [-0.25, -0.2) is 4.90 Å². The Morgan fingerprint density at radius 1 is 0.966 bits per heavy atom. The molecule has 29 heavy (non-hydrogen) atoms. The molecule has 3 heterocycles. The van der Waals surface area contributed by atoms with Gasteiger partial charge < -0.3 is 5.11 Å². The number of rotatable bonds is 3. The summed E-state index contributed by atoms with van der Waals surface area (Å²) in [6, 6.07) is 13.2. The SMILES string of the molecule is Cc1cccc(CN2C3C(=O)C=CC2[C@@H]2C(=O)N(c4cccc(O)c4)C(=O)[C@H]32)c1. The van der Waals surface area contributed by atoms with Crippen LogP contribution in [0.15, 0.2) is 60.7 Å². The average molecular weight is 388 g/mol. The fraction of sp³-hybridized carbons (Fsp3) is 0.261. The van der Waals surface area contributed by atoms with Gasteiger partial charge in [-0.1, -0.05) is 42.0 Å². The van der Waals surface area contributed by atoms with E-state index in [0.717, 1.165) is 16.0 Å². The Bertz CT molecular complexity index is 1070. The molecule has 3 aliphatic heterocycles. The van der Waals surface area contributed by atoms with Crippen LogP contribution in [0.3, 0.4) is 0 Å². The van der Waals surface area contributed by atoms with Crippen molar-refractivity contribution in [2.75, 3.05) is 4.90 Å². The zero-order chi connectivity index (χ0) is 20.3. The molecule has 2 unspecified atom stereocenters. The van der Waals surface area contributed by atoms with E-state index >= 15 is 0 Å². The monoisotopic (exact) mass is 388 g/mol. The van der Waals surface area contributed by atoms with Crippen LogP contribution >= 0.6 is 0 Å². The standard InChI is InChI=1S/C23H20N2O4/c1-13-4-2-5-14(10-13)12-24-17-8-9-18(27)21(24)20-19(17)22(28)25(23(20)29)15-6-3-7-16(26)11-15/h2-11,17,19-21,26H,12H2,1H3/t17?,19-,20-,21?/m0/s1. The van der Waals surface area contributed by atoms with Crippen molar-refractivity contribution < 1.29 is 19.5 Å². The number of anilines is 1. The number of aryl methyl sites for hydroxylation is 1. The summed E-state index contributed by atoms with van der Waals surface area (Å²) in [6.07, 6.45) is 3.27. The third-order valence-electron chi connectivity index (χ3n) is 6.13. The number of amides is 2. The molecule has 0 saturated carbocycles. The molecule has 146 valence electrons. The molecule has 2 saturated heterocycles. The fourth-order valence-electron chi connectivity index (χ4n) is 4.98. The average Bonchev–Trinajstić information content (AvgIpc) is 3.06. The number of carbonyl (C=O) groups excluding carboxylic acids is 3. The first-order valence-electron chi connectivity index (χ1n) is 9.66. The first kappa shape index (κ1) is 17.8. The quantitative estimate of drug-likeness (QED) is 0.816. The number of phenolic OH excluding ortho intramolecular Hbond substituents is 1. The van der Waals surface area contributed by atoms with E-state index in [-0.39, 0.29) is 29.4 Å². The normalized spacial score (nSPS) is 28.3. The van der Waals surface area contributed by atoms with Crippen molar-refractivity contribution >= 4 is 23.3 Å². The Balaban J connectivity index is 1.52. The van der Waals surface area contributed by atoms with E-state index in [4.69, 9.17) is 0 Å². The maximum Gasteiger partial charge on any atom is 0.239 e. The smallest absolute Gasteiger partial charge is 0.239 e. The van der Waals surface area contributed by atoms with E-state index < -0.39 is 17.9 Å². The van der Waals surface area contributed by atoms with Gasteiger partial charge in [0.1, 0.15) is 5.75 Å². The molecule has 4 atom stereocenters. The van der Waals surface area contributed by atoms with Crippen molar-refractivity contribution in [3.63, 3.8) is 0 Å². The minimum atomic E-state index is -0.706. The van der Waals surface area contributed by atoms with Gasteiger partial charge in [0.2, 0.25) is 11.8 Å². The topological polar surface area (TPSA) is 77.9 Å². The zero-order valence-corrected chi connectivity index (χ0v) is 15.9. The lowest BCUT2D eigenvalue weighted by Crippen LogP contribution is -2.48. The molecule has 3 aliphatic rings. The second kappa shape index (κ2) is 6.39. The highest BCUT2D eigenvalue weighted by Crippen LogP contribution is 2.47. The molecular weight excluding hydrogens is 368 g/mol. The molecule has 2 aromatic carbocycles. The Morgan fingerprint density at radius 2 is 1.72 bits per heavy atom. The van der Waals surface area contributed by atoms with Crippen LogP contribution in [0.5, 0.6) is 5.75 Å². The van der Waals surface area contributed by atoms with Gasteiger partial charge in [0.05, 0.1) is 23.6 Å². The van der Waals surface area contributed by atoms with Gasteiger partial charge in [0, 0.05) is 18.7 Å². The fourth-order valence-corrected chi connectivity index (χ4v) is 4.98.